The average Bonchev–Trinajstić information content (AvgIpc) is 2.66. The molecular formula is C11H19N5S. The van der Waals surface area contributed by atoms with Crippen molar-refractivity contribution < 1.29 is 0 Å². The van der Waals surface area contributed by atoms with Crippen LogP contribution in [0, 0.1) is 6.92 Å². The minimum atomic E-state index is 0.730. The summed E-state index contributed by atoms with van der Waals surface area (Å²) < 4.78 is 0. The maximum atomic E-state index is 4.20. The van der Waals surface area contributed by atoms with Gasteiger partial charge in [0.1, 0.15) is 5.01 Å². The first-order valence-electron chi connectivity index (χ1n) is 6.20. The van der Waals surface area contributed by atoms with Crippen LogP contribution in [0.3, 0.4) is 0 Å². The number of hydrogen-bond acceptors (Lipinski definition) is 6. The van der Waals surface area contributed by atoms with Crippen LogP contribution in [-0.2, 0) is 0 Å². The van der Waals surface area contributed by atoms with Crippen LogP contribution in [0.2, 0.25) is 0 Å². The lowest BCUT2D eigenvalue weighted by Crippen LogP contribution is -2.63. The lowest BCUT2D eigenvalue weighted by molar-refractivity contribution is 0.0963. The Morgan fingerprint density at radius 3 is 2.41 bits per heavy atom. The van der Waals surface area contributed by atoms with Crippen LogP contribution in [0.5, 0.6) is 0 Å². The van der Waals surface area contributed by atoms with Gasteiger partial charge >= 0.3 is 0 Å². The molecule has 1 aromatic rings. The molecule has 2 aliphatic heterocycles. The molecule has 1 aromatic heterocycles. The van der Waals surface area contributed by atoms with Crippen molar-refractivity contribution in [3.63, 3.8) is 0 Å². The van der Waals surface area contributed by atoms with E-state index in [4.69, 9.17) is 0 Å². The Balaban J connectivity index is 1.51. The van der Waals surface area contributed by atoms with Gasteiger partial charge in [-0.05, 0) is 14.0 Å². The number of anilines is 1. The molecule has 0 radical (unpaired) electrons. The van der Waals surface area contributed by atoms with Crippen LogP contribution in [0.1, 0.15) is 5.01 Å². The van der Waals surface area contributed by atoms with Crippen molar-refractivity contribution in [2.45, 2.75) is 13.0 Å². The molecule has 6 heteroatoms. The van der Waals surface area contributed by atoms with E-state index >= 15 is 0 Å². The lowest BCUT2D eigenvalue weighted by atomic mass is 10.1. The van der Waals surface area contributed by atoms with Gasteiger partial charge in [0.25, 0.3) is 0 Å². The number of aryl methyl sites for hydroxylation is 1. The monoisotopic (exact) mass is 253 g/mol. The average molecular weight is 253 g/mol. The summed E-state index contributed by atoms with van der Waals surface area (Å²) in [6.07, 6.45) is 0. The molecule has 0 saturated carbocycles. The minimum absolute atomic E-state index is 0.730. The second kappa shape index (κ2) is 4.51. The second-order valence-corrected chi connectivity index (χ2v) is 6.16. The van der Waals surface area contributed by atoms with E-state index in [9.17, 15) is 0 Å². The highest BCUT2D eigenvalue weighted by Gasteiger charge is 2.34. The predicted octanol–water partition coefficient (Wildman–Crippen LogP) is 0.283. The quantitative estimate of drug-likeness (QED) is 0.757. The van der Waals surface area contributed by atoms with Gasteiger partial charge in [0.2, 0.25) is 5.13 Å². The lowest BCUT2D eigenvalue weighted by Gasteiger charge is -2.47. The number of nitrogens with zero attached hydrogens (tertiary/aromatic N) is 5. The van der Waals surface area contributed by atoms with Gasteiger partial charge in [-0.25, -0.2) is 0 Å². The molecule has 0 N–H and O–H groups in total. The van der Waals surface area contributed by atoms with Gasteiger partial charge in [-0.3, -0.25) is 4.90 Å². The van der Waals surface area contributed by atoms with Gasteiger partial charge in [0.05, 0.1) is 0 Å². The van der Waals surface area contributed by atoms with Crippen LogP contribution in [0.15, 0.2) is 0 Å². The molecule has 2 fully saturated rings. The molecular weight excluding hydrogens is 234 g/mol. The molecule has 0 amide bonds. The number of piperazine rings is 1. The van der Waals surface area contributed by atoms with Crippen LogP contribution < -0.4 is 4.90 Å². The fourth-order valence-corrected chi connectivity index (χ4v) is 3.15. The highest BCUT2D eigenvalue weighted by Crippen LogP contribution is 2.26. The zero-order valence-electron chi connectivity index (χ0n) is 10.5. The van der Waals surface area contributed by atoms with Crippen LogP contribution in [0.25, 0.3) is 0 Å². The van der Waals surface area contributed by atoms with E-state index in [1.807, 2.05) is 6.92 Å². The summed E-state index contributed by atoms with van der Waals surface area (Å²) in [6.45, 7) is 9.09. The third-order valence-electron chi connectivity index (χ3n) is 3.70. The van der Waals surface area contributed by atoms with Crippen molar-refractivity contribution in [1.29, 1.82) is 0 Å². The number of aromatic nitrogens is 2. The normalized spacial score (nSPS) is 24.0. The molecule has 3 rings (SSSR count). The number of likely N-dealkylation sites (N-methyl/N-ethyl adjacent to an activating group) is 1. The van der Waals surface area contributed by atoms with Gasteiger partial charge in [-0.15, -0.1) is 10.2 Å². The molecule has 0 aromatic carbocycles. The van der Waals surface area contributed by atoms with Gasteiger partial charge in [-0.2, -0.15) is 0 Å². The van der Waals surface area contributed by atoms with Crippen molar-refractivity contribution >= 4 is 16.5 Å². The maximum absolute atomic E-state index is 4.20. The Morgan fingerprint density at radius 1 is 1.12 bits per heavy atom. The zero-order valence-corrected chi connectivity index (χ0v) is 11.3. The Kier molecular flexibility index (Phi) is 3.02. The minimum Gasteiger partial charge on any atom is -0.343 e. The number of hydrogen-bond donors (Lipinski definition) is 0. The first-order valence-corrected chi connectivity index (χ1v) is 7.01. The van der Waals surface area contributed by atoms with E-state index in [1.54, 1.807) is 11.3 Å². The Hall–Kier alpha value is -0.720. The molecule has 0 unspecified atom stereocenters. The second-order valence-electron chi connectivity index (χ2n) is 5.00. The van der Waals surface area contributed by atoms with Crippen molar-refractivity contribution in [2.75, 3.05) is 51.2 Å². The van der Waals surface area contributed by atoms with E-state index in [0.717, 1.165) is 29.3 Å². The summed E-state index contributed by atoms with van der Waals surface area (Å²) in [5.74, 6) is 0. The summed E-state index contributed by atoms with van der Waals surface area (Å²) in [6, 6.07) is 0.730. The third-order valence-corrected chi connectivity index (χ3v) is 4.60. The fraction of sp³-hybridized carbons (Fsp3) is 0.818. The molecule has 0 atom stereocenters. The molecule has 94 valence electrons. The largest absolute Gasteiger partial charge is 0.343 e. The van der Waals surface area contributed by atoms with Crippen LogP contribution >= 0.6 is 11.3 Å². The maximum Gasteiger partial charge on any atom is 0.208 e. The topological polar surface area (TPSA) is 35.5 Å². The van der Waals surface area contributed by atoms with E-state index in [2.05, 4.69) is 31.9 Å². The van der Waals surface area contributed by atoms with E-state index < -0.39 is 0 Å². The summed E-state index contributed by atoms with van der Waals surface area (Å²) >= 11 is 1.70. The highest BCUT2D eigenvalue weighted by molar-refractivity contribution is 7.15. The fourth-order valence-electron chi connectivity index (χ4n) is 2.44. The van der Waals surface area contributed by atoms with Gasteiger partial charge in [0.15, 0.2) is 0 Å². The molecule has 2 aliphatic rings. The van der Waals surface area contributed by atoms with Gasteiger partial charge in [-0.1, -0.05) is 11.3 Å². The number of rotatable bonds is 2. The molecule has 3 heterocycles. The molecule has 0 bridgehead atoms. The summed E-state index contributed by atoms with van der Waals surface area (Å²) in [4.78, 5) is 7.36. The predicted molar refractivity (Wildman–Crippen MR) is 69.7 cm³/mol. The first kappa shape index (κ1) is 11.4. The van der Waals surface area contributed by atoms with Crippen molar-refractivity contribution in [3.8, 4) is 0 Å². The van der Waals surface area contributed by atoms with Crippen molar-refractivity contribution in [2.24, 2.45) is 0 Å². The first-order chi connectivity index (χ1) is 8.22. The molecule has 0 spiro atoms. The Bertz CT molecular complexity index is 379. The molecule has 2 saturated heterocycles. The Morgan fingerprint density at radius 2 is 1.82 bits per heavy atom. The van der Waals surface area contributed by atoms with E-state index in [-0.39, 0.29) is 0 Å². The highest BCUT2D eigenvalue weighted by atomic mass is 32.1. The third kappa shape index (κ3) is 2.29. The zero-order chi connectivity index (χ0) is 11.8. The molecule has 17 heavy (non-hydrogen) atoms. The van der Waals surface area contributed by atoms with Crippen molar-refractivity contribution in [1.82, 2.24) is 20.0 Å². The molecule has 0 aliphatic carbocycles. The van der Waals surface area contributed by atoms with Crippen molar-refractivity contribution in [3.05, 3.63) is 5.01 Å². The summed E-state index contributed by atoms with van der Waals surface area (Å²) in [5, 5.41) is 10.4. The summed E-state index contributed by atoms with van der Waals surface area (Å²) in [7, 11) is 2.20. The smallest absolute Gasteiger partial charge is 0.208 e. The van der Waals surface area contributed by atoms with Gasteiger partial charge < -0.3 is 9.80 Å². The Labute approximate surface area is 106 Å². The molecule has 5 nitrogen and oxygen atoms in total. The van der Waals surface area contributed by atoms with Crippen LogP contribution in [0.4, 0.5) is 5.13 Å². The van der Waals surface area contributed by atoms with E-state index in [1.165, 1.54) is 26.2 Å². The summed E-state index contributed by atoms with van der Waals surface area (Å²) in [5.41, 5.74) is 0. The van der Waals surface area contributed by atoms with Crippen LogP contribution in [-0.4, -0.2) is 72.4 Å². The van der Waals surface area contributed by atoms with E-state index in [0.29, 0.717) is 0 Å². The SMILES string of the molecule is Cc1nnc(N2CC(N3CCN(C)CC3)C2)s1. The standard InChI is InChI=1S/C11H19N5S/c1-9-12-13-11(17-9)16-7-10(8-16)15-5-3-14(2)4-6-15/h10H,3-8H2,1-2H3. The van der Waals surface area contributed by atoms with Gasteiger partial charge in [0, 0.05) is 45.3 Å².